The lowest BCUT2D eigenvalue weighted by molar-refractivity contribution is -0.154. The second kappa shape index (κ2) is 10.2. The van der Waals surface area contributed by atoms with E-state index < -0.39 is 29.3 Å². The largest absolute Gasteiger partial charge is 0.344 e. The monoisotopic (exact) mass is 448 g/mol. The molecule has 0 bridgehead atoms. The van der Waals surface area contributed by atoms with Gasteiger partial charge in [0.1, 0.15) is 17.5 Å². The van der Waals surface area contributed by atoms with Crippen LogP contribution < -0.4 is 10.6 Å². The number of hydrogen-bond acceptors (Lipinski definition) is 4. The molecule has 8 heteroatoms. The molecule has 32 heavy (non-hydrogen) atoms. The van der Waals surface area contributed by atoms with Gasteiger partial charge in [-0.25, -0.2) is 0 Å². The zero-order chi connectivity index (χ0) is 23.5. The van der Waals surface area contributed by atoms with Crippen LogP contribution in [0.15, 0.2) is 0 Å². The van der Waals surface area contributed by atoms with Crippen LogP contribution in [-0.2, 0) is 19.2 Å². The Morgan fingerprint density at radius 2 is 1.12 bits per heavy atom. The molecule has 2 saturated heterocycles. The van der Waals surface area contributed by atoms with Gasteiger partial charge in [-0.1, -0.05) is 6.42 Å². The molecule has 0 aromatic carbocycles. The maximum absolute atomic E-state index is 13.1. The topological polar surface area (TPSA) is 98.8 Å². The van der Waals surface area contributed by atoms with Crippen molar-refractivity contribution in [2.45, 2.75) is 110 Å². The van der Waals surface area contributed by atoms with Gasteiger partial charge in [-0.05, 0) is 79.1 Å². The highest BCUT2D eigenvalue weighted by atomic mass is 16.2. The molecule has 1 saturated carbocycles. The fourth-order valence-corrected chi connectivity index (χ4v) is 5.23. The van der Waals surface area contributed by atoms with Crippen LogP contribution in [0, 0.1) is 5.41 Å². The highest BCUT2D eigenvalue weighted by Crippen LogP contribution is 2.41. The highest BCUT2D eigenvalue weighted by molar-refractivity contribution is 6.08. The second-order valence-electron chi connectivity index (χ2n) is 10.1. The SMILES string of the molecule is CC(NC(=O)C1(C(=O)NC(C)C(=O)N2CCCCC2C)CCC1)C(=O)N1CCCCC1C. The Bertz CT molecular complexity index is 680. The summed E-state index contributed by atoms with van der Waals surface area (Å²) in [5.74, 6) is -0.998. The average Bonchev–Trinajstić information content (AvgIpc) is 2.72. The van der Waals surface area contributed by atoms with Gasteiger partial charge in [-0.2, -0.15) is 0 Å². The van der Waals surface area contributed by atoms with Crippen molar-refractivity contribution in [3.63, 3.8) is 0 Å². The maximum atomic E-state index is 13.1. The van der Waals surface area contributed by atoms with Crippen molar-refractivity contribution >= 4 is 23.6 Å². The number of nitrogens with zero attached hydrogens (tertiary/aromatic N) is 2. The van der Waals surface area contributed by atoms with Crippen LogP contribution in [0.5, 0.6) is 0 Å². The zero-order valence-corrected chi connectivity index (χ0v) is 20.1. The highest BCUT2D eigenvalue weighted by Gasteiger charge is 2.52. The van der Waals surface area contributed by atoms with E-state index in [1.807, 2.05) is 23.6 Å². The van der Waals surface area contributed by atoms with Gasteiger partial charge in [0.25, 0.3) is 0 Å². The van der Waals surface area contributed by atoms with Gasteiger partial charge in [-0.3, -0.25) is 19.2 Å². The first kappa shape index (κ1) is 24.5. The van der Waals surface area contributed by atoms with E-state index in [2.05, 4.69) is 10.6 Å². The molecule has 0 aromatic rings. The van der Waals surface area contributed by atoms with Gasteiger partial charge in [0.2, 0.25) is 23.6 Å². The average molecular weight is 449 g/mol. The smallest absolute Gasteiger partial charge is 0.245 e. The molecule has 2 N–H and O–H groups in total. The Morgan fingerprint density at radius 1 is 0.719 bits per heavy atom. The molecule has 3 fully saturated rings. The Kier molecular flexibility index (Phi) is 7.83. The van der Waals surface area contributed by atoms with Gasteiger partial charge in [0.05, 0.1) is 0 Å². The van der Waals surface area contributed by atoms with E-state index in [0.717, 1.165) is 44.9 Å². The van der Waals surface area contributed by atoms with Gasteiger partial charge in [-0.15, -0.1) is 0 Å². The molecule has 2 heterocycles. The number of carbonyl (C=O) groups is 4. The number of likely N-dealkylation sites (tertiary alicyclic amines) is 2. The van der Waals surface area contributed by atoms with E-state index >= 15 is 0 Å². The van der Waals surface area contributed by atoms with E-state index in [-0.39, 0.29) is 23.9 Å². The summed E-state index contributed by atoms with van der Waals surface area (Å²) in [4.78, 5) is 55.7. The molecule has 0 aromatic heterocycles. The van der Waals surface area contributed by atoms with E-state index in [0.29, 0.717) is 25.9 Å². The third-order valence-corrected chi connectivity index (χ3v) is 7.68. The first-order chi connectivity index (χ1) is 15.2. The molecule has 180 valence electrons. The molecule has 8 nitrogen and oxygen atoms in total. The summed E-state index contributed by atoms with van der Waals surface area (Å²) in [5, 5.41) is 5.62. The van der Waals surface area contributed by atoms with E-state index in [9.17, 15) is 19.2 Å². The fourth-order valence-electron chi connectivity index (χ4n) is 5.23. The van der Waals surface area contributed by atoms with Crippen LogP contribution in [0.3, 0.4) is 0 Å². The summed E-state index contributed by atoms with van der Waals surface area (Å²) in [6, 6.07) is -1.02. The van der Waals surface area contributed by atoms with Gasteiger partial charge >= 0.3 is 0 Å². The van der Waals surface area contributed by atoms with Crippen molar-refractivity contribution in [3.05, 3.63) is 0 Å². The van der Waals surface area contributed by atoms with Gasteiger partial charge in [0.15, 0.2) is 0 Å². The summed E-state index contributed by atoms with van der Waals surface area (Å²) >= 11 is 0. The number of rotatable bonds is 6. The Morgan fingerprint density at radius 3 is 1.44 bits per heavy atom. The van der Waals surface area contributed by atoms with Crippen LogP contribution in [0.4, 0.5) is 0 Å². The molecule has 1 aliphatic carbocycles. The predicted octanol–water partition coefficient (Wildman–Crippen LogP) is 1.97. The second-order valence-corrected chi connectivity index (χ2v) is 10.1. The Labute approximate surface area is 191 Å². The molecular weight excluding hydrogens is 408 g/mol. The molecular formula is C24H40N4O4. The minimum absolute atomic E-state index is 0.0944. The van der Waals surface area contributed by atoms with Crippen molar-refractivity contribution in [1.29, 1.82) is 0 Å². The first-order valence-corrected chi connectivity index (χ1v) is 12.4. The van der Waals surface area contributed by atoms with Gasteiger partial charge < -0.3 is 20.4 Å². The fraction of sp³-hybridized carbons (Fsp3) is 0.833. The molecule has 0 radical (unpaired) electrons. The quantitative estimate of drug-likeness (QED) is 0.607. The van der Waals surface area contributed by atoms with Crippen LogP contribution in [-0.4, -0.2) is 70.7 Å². The molecule has 3 aliphatic rings. The lowest BCUT2D eigenvalue weighted by Gasteiger charge is -2.41. The molecule has 4 unspecified atom stereocenters. The van der Waals surface area contributed by atoms with Crippen LogP contribution >= 0.6 is 0 Å². The van der Waals surface area contributed by atoms with Crippen molar-refractivity contribution < 1.29 is 19.2 Å². The van der Waals surface area contributed by atoms with E-state index in [1.165, 1.54) is 0 Å². The first-order valence-electron chi connectivity index (χ1n) is 12.4. The standard InChI is InChI=1S/C24H40N4O4/c1-16-10-5-7-14-27(16)20(29)18(3)25-22(31)24(12-9-13-24)23(32)26-19(4)21(30)28-15-8-6-11-17(28)2/h16-19H,5-15H2,1-4H3,(H,25,31)(H,26,32). The predicted molar refractivity (Wildman–Crippen MR) is 122 cm³/mol. The summed E-state index contributed by atoms with van der Waals surface area (Å²) in [6.07, 6.45) is 7.78. The summed E-state index contributed by atoms with van der Waals surface area (Å²) in [5.41, 5.74) is -1.19. The van der Waals surface area contributed by atoms with Crippen molar-refractivity contribution in [3.8, 4) is 0 Å². The zero-order valence-electron chi connectivity index (χ0n) is 20.1. The molecule has 0 spiro atoms. The van der Waals surface area contributed by atoms with Crippen LogP contribution in [0.2, 0.25) is 0 Å². The molecule has 2 aliphatic heterocycles. The Hall–Kier alpha value is -2.12. The third-order valence-electron chi connectivity index (χ3n) is 7.68. The third kappa shape index (κ3) is 4.94. The number of nitrogens with one attached hydrogen (secondary N) is 2. The summed E-state index contributed by atoms with van der Waals surface area (Å²) < 4.78 is 0. The van der Waals surface area contributed by atoms with Crippen LogP contribution in [0.1, 0.15) is 85.5 Å². The van der Waals surface area contributed by atoms with Gasteiger partial charge in [0, 0.05) is 25.2 Å². The lowest BCUT2D eigenvalue weighted by Crippen LogP contribution is -2.61. The minimum Gasteiger partial charge on any atom is -0.344 e. The number of carbonyl (C=O) groups excluding carboxylic acids is 4. The minimum atomic E-state index is -1.19. The van der Waals surface area contributed by atoms with E-state index in [1.54, 1.807) is 13.8 Å². The number of piperidine rings is 2. The van der Waals surface area contributed by atoms with Crippen LogP contribution in [0.25, 0.3) is 0 Å². The van der Waals surface area contributed by atoms with Crippen molar-refractivity contribution in [2.75, 3.05) is 13.1 Å². The molecule has 3 rings (SSSR count). The normalized spacial score (nSPS) is 27.0. The summed E-state index contributed by atoms with van der Waals surface area (Å²) in [6.45, 7) is 8.87. The Balaban J connectivity index is 1.59. The van der Waals surface area contributed by atoms with Crippen molar-refractivity contribution in [1.82, 2.24) is 20.4 Å². The number of hydrogen-bond donors (Lipinski definition) is 2. The molecule has 4 amide bonds. The molecule has 4 atom stereocenters. The van der Waals surface area contributed by atoms with E-state index in [4.69, 9.17) is 0 Å². The number of amides is 4. The maximum Gasteiger partial charge on any atom is 0.245 e. The lowest BCUT2D eigenvalue weighted by atomic mass is 9.67. The summed E-state index contributed by atoms with van der Waals surface area (Å²) in [7, 11) is 0. The van der Waals surface area contributed by atoms with Crippen molar-refractivity contribution in [2.24, 2.45) is 5.41 Å².